The minimum absolute atomic E-state index is 0.0421. The van der Waals surface area contributed by atoms with Crippen LogP contribution in [0.15, 0.2) is 58.7 Å². The van der Waals surface area contributed by atoms with E-state index >= 15 is 0 Å². The number of rotatable bonds is 4. The number of pyridine rings is 1. The molecule has 0 amide bonds. The predicted molar refractivity (Wildman–Crippen MR) is 105 cm³/mol. The summed E-state index contributed by atoms with van der Waals surface area (Å²) in [5.41, 5.74) is 4.45. The van der Waals surface area contributed by atoms with Crippen LogP contribution in [0.2, 0.25) is 0 Å². The van der Waals surface area contributed by atoms with Gasteiger partial charge in [-0.3, -0.25) is 14.5 Å². The lowest BCUT2D eigenvalue weighted by Gasteiger charge is -1.99. The molecular weight excluding hydrogens is 356 g/mol. The predicted octanol–water partition coefficient (Wildman–Crippen LogP) is 4.50. The molecule has 5 nitrogen and oxygen atoms in total. The topological polar surface area (TPSA) is 71.6 Å². The maximum absolute atomic E-state index is 12.8. The molecule has 0 radical (unpaired) electrons. The lowest BCUT2D eigenvalue weighted by atomic mass is 10.1. The lowest BCUT2D eigenvalue weighted by molar-refractivity contribution is 0.104. The molecule has 0 fully saturated rings. The van der Waals surface area contributed by atoms with E-state index in [4.69, 9.17) is 5.26 Å². The molecular formula is C21H16N4OS. The van der Waals surface area contributed by atoms with Gasteiger partial charge in [-0.05, 0) is 42.8 Å². The molecule has 6 heteroatoms. The van der Waals surface area contributed by atoms with E-state index in [0.29, 0.717) is 17.9 Å². The number of carbonyl (C=O) groups is 1. The van der Waals surface area contributed by atoms with Gasteiger partial charge in [-0.2, -0.15) is 10.4 Å². The molecule has 0 spiro atoms. The summed E-state index contributed by atoms with van der Waals surface area (Å²) in [4.78, 5) is 18.5. The van der Waals surface area contributed by atoms with E-state index in [1.807, 2.05) is 49.5 Å². The van der Waals surface area contributed by atoms with Crippen molar-refractivity contribution >= 4 is 23.6 Å². The van der Waals surface area contributed by atoms with Gasteiger partial charge in [-0.1, -0.05) is 17.8 Å². The van der Waals surface area contributed by atoms with E-state index in [1.54, 1.807) is 17.1 Å². The van der Waals surface area contributed by atoms with E-state index in [-0.39, 0.29) is 5.78 Å². The zero-order valence-corrected chi connectivity index (χ0v) is 15.5. The van der Waals surface area contributed by atoms with Crippen LogP contribution in [0.4, 0.5) is 0 Å². The number of benzene rings is 1. The van der Waals surface area contributed by atoms with Crippen LogP contribution in [-0.4, -0.2) is 20.5 Å². The van der Waals surface area contributed by atoms with Crippen LogP contribution in [0.1, 0.15) is 27.9 Å². The summed E-state index contributed by atoms with van der Waals surface area (Å²) in [5, 5.41) is 13.5. The number of ketones is 1. The minimum atomic E-state index is 0.0421. The Kier molecular flexibility index (Phi) is 4.61. The smallest absolute Gasteiger partial charge is 0.200 e. The SMILES string of the molecule is Cc1ccc2c(c1)S/C(=C\c1cn(CCC#N)nc1-c1ccncc1)C2=O. The highest BCUT2D eigenvalue weighted by Crippen LogP contribution is 2.41. The van der Waals surface area contributed by atoms with Crippen molar-refractivity contribution in [2.24, 2.45) is 0 Å². The number of allylic oxidation sites excluding steroid dienone is 1. The summed E-state index contributed by atoms with van der Waals surface area (Å²) in [5.74, 6) is 0.0421. The van der Waals surface area contributed by atoms with Gasteiger partial charge in [0.1, 0.15) is 0 Å². The Morgan fingerprint density at radius 1 is 1.26 bits per heavy atom. The Morgan fingerprint density at radius 2 is 2.07 bits per heavy atom. The Morgan fingerprint density at radius 3 is 2.85 bits per heavy atom. The zero-order valence-electron chi connectivity index (χ0n) is 14.7. The van der Waals surface area contributed by atoms with Crippen LogP contribution in [0, 0.1) is 18.3 Å². The first kappa shape index (κ1) is 17.3. The number of nitriles is 1. The monoisotopic (exact) mass is 372 g/mol. The van der Waals surface area contributed by atoms with Crippen LogP contribution >= 0.6 is 11.8 Å². The molecule has 132 valence electrons. The molecule has 3 aromatic rings. The van der Waals surface area contributed by atoms with Crippen molar-refractivity contribution in [2.45, 2.75) is 24.8 Å². The maximum atomic E-state index is 12.8. The first-order chi connectivity index (χ1) is 13.2. The van der Waals surface area contributed by atoms with E-state index < -0.39 is 0 Å². The van der Waals surface area contributed by atoms with E-state index in [0.717, 1.165) is 32.8 Å². The largest absolute Gasteiger partial charge is 0.288 e. The van der Waals surface area contributed by atoms with Crippen LogP contribution < -0.4 is 0 Å². The fraction of sp³-hybridized carbons (Fsp3) is 0.143. The third-order valence-electron chi connectivity index (χ3n) is 4.31. The first-order valence-corrected chi connectivity index (χ1v) is 9.37. The third-order valence-corrected chi connectivity index (χ3v) is 5.39. The highest BCUT2D eigenvalue weighted by Gasteiger charge is 2.26. The summed E-state index contributed by atoms with van der Waals surface area (Å²) < 4.78 is 1.76. The minimum Gasteiger partial charge on any atom is -0.288 e. The molecule has 0 aliphatic carbocycles. The van der Waals surface area contributed by atoms with Crippen molar-refractivity contribution in [1.82, 2.24) is 14.8 Å². The zero-order chi connectivity index (χ0) is 18.8. The Labute approximate surface area is 161 Å². The van der Waals surface area contributed by atoms with Gasteiger partial charge < -0.3 is 0 Å². The molecule has 0 unspecified atom stereocenters. The molecule has 1 aromatic carbocycles. The molecule has 27 heavy (non-hydrogen) atoms. The van der Waals surface area contributed by atoms with E-state index in [9.17, 15) is 4.79 Å². The van der Waals surface area contributed by atoms with E-state index in [2.05, 4.69) is 16.2 Å². The van der Waals surface area contributed by atoms with Crippen molar-refractivity contribution in [3.63, 3.8) is 0 Å². The molecule has 4 rings (SSSR count). The summed E-state index contributed by atoms with van der Waals surface area (Å²) in [6, 6.07) is 11.8. The molecule has 0 saturated heterocycles. The number of hydrogen-bond acceptors (Lipinski definition) is 5. The second-order valence-corrected chi connectivity index (χ2v) is 7.36. The molecule has 0 N–H and O–H groups in total. The van der Waals surface area contributed by atoms with Crippen LogP contribution in [0.5, 0.6) is 0 Å². The summed E-state index contributed by atoms with van der Waals surface area (Å²) >= 11 is 1.49. The van der Waals surface area contributed by atoms with Crippen LogP contribution in [0.3, 0.4) is 0 Å². The van der Waals surface area contributed by atoms with Crippen molar-refractivity contribution in [3.05, 3.63) is 70.5 Å². The maximum Gasteiger partial charge on any atom is 0.200 e. The van der Waals surface area contributed by atoms with Gasteiger partial charge in [-0.15, -0.1) is 0 Å². The quantitative estimate of drug-likeness (QED) is 0.631. The van der Waals surface area contributed by atoms with Gasteiger partial charge >= 0.3 is 0 Å². The third kappa shape index (κ3) is 3.42. The van der Waals surface area contributed by atoms with Crippen molar-refractivity contribution < 1.29 is 4.79 Å². The standard InChI is InChI=1S/C21H16N4OS/c1-14-3-4-17-18(11-14)27-19(21(17)26)12-16-13-25(10-2-7-22)24-20(16)15-5-8-23-9-6-15/h3-6,8-9,11-13H,2,10H2,1H3/b19-12-. The summed E-state index contributed by atoms with van der Waals surface area (Å²) in [7, 11) is 0. The summed E-state index contributed by atoms with van der Waals surface area (Å²) in [6.45, 7) is 2.53. The second-order valence-electron chi connectivity index (χ2n) is 6.28. The van der Waals surface area contributed by atoms with Crippen molar-refractivity contribution in [3.8, 4) is 17.3 Å². The van der Waals surface area contributed by atoms with Gasteiger partial charge in [0.2, 0.25) is 5.78 Å². The van der Waals surface area contributed by atoms with Crippen molar-refractivity contribution in [2.75, 3.05) is 0 Å². The van der Waals surface area contributed by atoms with Gasteiger partial charge in [0.25, 0.3) is 0 Å². The fourth-order valence-electron chi connectivity index (χ4n) is 2.99. The molecule has 0 bridgehead atoms. The molecule has 1 aliphatic heterocycles. The first-order valence-electron chi connectivity index (χ1n) is 8.55. The number of carbonyl (C=O) groups excluding carboxylic acids is 1. The number of aromatic nitrogens is 3. The highest BCUT2D eigenvalue weighted by atomic mass is 32.2. The number of thioether (sulfide) groups is 1. The number of aryl methyl sites for hydroxylation is 2. The molecule has 0 saturated carbocycles. The van der Waals surface area contributed by atoms with Crippen molar-refractivity contribution in [1.29, 1.82) is 5.26 Å². The van der Waals surface area contributed by atoms with Gasteiger partial charge in [0, 0.05) is 40.2 Å². The molecule has 1 aliphatic rings. The average Bonchev–Trinajstić information content (AvgIpc) is 3.22. The normalized spacial score (nSPS) is 14.4. The number of nitrogens with zero attached hydrogens (tertiary/aromatic N) is 4. The Bertz CT molecular complexity index is 1090. The number of fused-ring (bicyclic) bond motifs is 1. The Balaban J connectivity index is 1.75. The second kappa shape index (κ2) is 7.22. The average molecular weight is 372 g/mol. The van der Waals surface area contributed by atoms with Gasteiger partial charge in [-0.25, -0.2) is 0 Å². The lowest BCUT2D eigenvalue weighted by Crippen LogP contribution is -1.97. The van der Waals surface area contributed by atoms with Crippen LogP contribution in [0.25, 0.3) is 17.3 Å². The summed E-state index contributed by atoms with van der Waals surface area (Å²) in [6.07, 6.45) is 7.60. The van der Waals surface area contributed by atoms with Crippen LogP contribution in [-0.2, 0) is 6.54 Å². The number of Topliss-reactive ketones (excluding diaryl/α,β-unsaturated/α-hetero) is 1. The van der Waals surface area contributed by atoms with E-state index in [1.165, 1.54) is 11.8 Å². The molecule has 0 atom stereocenters. The molecule has 3 heterocycles. The molecule has 2 aromatic heterocycles. The van der Waals surface area contributed by atoms with Gasteiger partial charge in [0.05, 0.1) is 29.6 Å². The highest BCUT2D eigenvalue weighted by molar-refractivity contribution is 8.04. The number of hydrogen-bond donors (Lipinski definition) is 0. The van der Waals surface area contributed by atoms with Gasteiger partial charge in [0.15, 0.2) is 0 Å². The fourth-order valence-corrected chi connectivity index (χ4v) is 4.13. The Hall–Kier alpha value is -3.17.